The molecule has 2 aliphatic heterocycles. The average Bonchev–Trinajstić information content (AvgIpc) is 2.62. The minimum Gasteiger partial charge on any atom is -0.469 e. The molecule has 3 unspecified atom stereocenters. The van der Waals surface area contributed by atoms with Crippen LogP contribution < -0.4 is 0 Å². The second-order valence-electron chi connectivity index (χ2n) is 3.59. The lowest BCUT2D eigenvalue weighted by Crippen LogP contribution is -2.36. The molecule has 2 bridgehead atoms. The summed E-state index contributed by atoms with van der Waals surface area (Å²) < 4.78 is 10.2. The fourth-order valence-corrected chi connectivity index (χ4v) is 1.95. The average molecular weight is 168 g/mol. The highest BCUT2D eigenvalue weighted by Crippen LogP contribution is 2.44. The molecule has 3 heteroatoms. The van der Waals surface area contributed by atoms with Gasteiger partial charge in [-0.1, -0.05) is 12.2 Å². The van der Waals surface area contributed by atoms with E-state index < -0.39 is 5.41 Å². The Labute approximate surface area is 71.3 Å². The zero-order chi connectivity index (χ0) is 8.77. The van der Waals surface area contributed by atoms with Crippen molar-refractivity contribution in [1.29, 1.82) is 0 Å². The Morgan fingerprint density at radius 3 is 2.83 bits per heavy atom. The number of esters is 1. The summed E-state index contributed by atoms with van der Waals surface area (Å²) in [6, 6.07) is 0. The molecule has 0 radical (unpaired) electrons. The first-order valence-corrected chi connectivity index (χ1v) is 4.09. The summed E-state index contributed by atoms with van der Waals surface area (Å²) in [6.45, 7) is 1.90. The molecule has 1 fully saturated rings. The van der Waals surface area contributed by atoms with Crippen molar-refractivity contribution in [3.8, 4) is 0 Å². The number of fused-ring (bicyclic) bond motifs is 2. The lowest BCUT2D eigenvalue weighted by Gasteiger charge is -2.25. The van der Waals surface area contributed by atoms with Crippen molar-refractivity contribution in [1.82, 2.24) is 0 Å². The smallest absolute Gasteiger partial charge is 0.314 e. The highest BCUT2D eigenvalue weighted by Gasteiger charge is 2.52. The third-order valence-corrected chi connectivity index (χ3v) is 2.73. The van der Waals surface area contributed by atoms with Gasteiger partial charge in [-0.25, -0.2) is 0 Å². The van der Waals surface area contributed by atoms with Gasteiger partial charge in [-0.05, 0) is 13.3 Å². The van der Waals surface area contributed by atoms with Crippen molar-refractivity contribution >= 4 is 5.97 Å². The van der Waals surface area contributed by atoms with Crippen LogP contribution in [0, 0.1) is 5.41 Å². The van der Waals surface area contributed by atoms with Crippen LogP contribution in [0.4, 0.5) is 0 Å². The molecule has 3 nitrogen and oxygen atoms in total. The molecule has 12 heavy (non-hydrogen) atoms. The Morgan fingerprint density at radius 2 is 2.42 bits per heavy atom. The molecule has 2 rings (SSSR count). The van der Waals surface area contributed by atoms with E-state index in [0.29, 0.717) is 0 Å². The van der Waals surface area contributed by atoms with Crippen molar-refractivity contribution in [2.45, 2.75) is 25.6 Å². The molecule has 0 aromatic carbocycles. The molecule has 0 aromatic heterocycles. The SMILES string of the molecule is COC(=O)C1(C)CC2C=CC1O2. The molecule has 3 atom stereocenters. The molecule has 0 aromatic rings. The van der Waals surface area contributed by atoms with Crippen LogP contribution in [0.1, 0.15) is 13.3 Å². The minimum absolute atomic E-state index is 0.0741. The summed E-state index contributed by atoms with van der Waals surface area (Å²) in [5.74, 6) is -0.167. The maximum Gasteiger partial charge on any atom is 0.314 e. The number of methoxy groups -OCH3 is 1. The normalized spacial score (nSPS) is 43.5. The maximum absolute atomic E-state index is 11.4. The molecule has 1 saturated heterocycles. The van der Waals surface area contributed by atoms with Crippen LogP contribution in [0.25, 0.3) is 0 Å². The van der Waals surface area contributed by atoms with Crippen molar-refractivity contribution in [3.05, 3.63) is 12.2 Å². The van der Waals surface area contributed by atoms with Gasteiger partial charge in [0.15, 0.2) is 0 Å². The molecule has 66 valence electrons. The van der Waals surface area contributed by atoms with E-state index in [1.165, 1.54) is 7.11 Å². The molecule has 0 spiro atoms. The van der Waals surface area contributed by atoms with Gasteiger partial charge in [-0.15, -0.1) is 0 Å². The predicted molar refractivity (Wildman–Crippen MR) is 42.5 cm³/mol. The second kappa shape index (κ2) is 2.33. The molecule has 2 heterocycles. The molecular weight excluding hydrogens is 156 g/mol. The van der Waals surface area contributed by atoms with E-state index >= 15 is 0 Å². The van der Waals surface area contributed by atoms with Crippen LogP contribution in [0.5, 0.6) is 0 Å². The summed E-state index contributed by atoms with van der Waals surface area (Å²) in [5.41, 5.74) is -0.450. The van der Waals surface area contributed by atoms with E-state index in [1.54, 1.807) is 0 Å². The summed E-state index contributed by atoms with van der Waals surface area (Å²) in [7, 11) is 1.42. The first-order valence-electron chi connectivity index (χ1n) is 4.09. The standard InChI is InChI=1S/C9H12O3/c1-9(8(10)11-2)5-6-3-4-7(9)12-6/h3-4,6-7H,5H2,1-2H3. The van der Waals surface area contributed by atoms with Crippen molar-refractivity contribution in [2.24, 2.45) is 5.41 Å². The number of ether oxygens (including phenoxy) is 2. The van der Waals surface area contributed by atoms with Crippen LogP contribution in [-0.4, -0.2) is 25.3 Å². The molecule has 2 aliphatic rings. The number of hydrogen-bond acceptors (Lipinski definition) is 3. The summed E-state index contributed by atoms with van der Waals surface area (Å²) in [6.07, 6.45) is 4.76. The van der Waals surface area contributed by atoms with Gasteiger partial charge in [-0.2, -0.15) is 0 Å². The number of carbonyl (C=O) groups is 1. The first kappa shape index (κ1) is 7.80. The van der Waals surface area contributed by atoms with Crippen LogP contribution in [0.2, 0.25) is 0 Å². The van der Waals surface area contributed by atoms with Gasteiger partial charge in [0.05, 0.1) is 24.7 Å². The van der Waals surface area contributed by atoms with E-state index in [1.807, 2.05) is 19.1 Å². The molecule has 0 aliphatic carbocycles. The van der Waals surface area contributed by atoms with Gasteiger partial charge < -0.3 is 9.47 Å². The van der Waals surface area contributed by atoms with Crippen LogP contribution in [0.15, 0.2) is 12.2 Å². The van der Waals surface area contributed by atoms with Crippen molar-refractivity contribution < 1.29 is 14.3 Å². The van der Waals surface area contributed by atoms with Gasteiger partial charge >= 0.3 is 5.97 Å². The van der Waals surface area contributed by atoms with Crippen LogP contribution in [-0.2, 0) is 14.3 Å². The fourth-order valence-electron chi connectivity index (χ4n) is 1.95. The van der Waals surface area contributed by atoms with Crippen LogP contribution in [0.3, 0.4) is 0 Å². The Kier molecular flexibility index (Phi) is 1.51. The molecule has 0 amide bonds. The Bertz CT molecular complexity index is 246. The molecule has 0 N–H and O–H groups in total. The third-order valence-electron chi connectivity index (χ3n) is 2.73. The minimum atomic E-state index is -0.450. The fraction of sp³-hybridized carbons (Fsp3) is 0.667. The Balaban J connectivity index is 2.23. The predicted octanol–water partition coefficient (Wildman–Crippen LogP) is 0.893. The monoisotopic (exact) mass is 168 g/mol. The molecule has 0 saturated carbocycles. The van der Waals surface area contributed by atoms with E-state index in [9.17, 15) is 4.79 Å². The number of hydrogen-bond donors (Lipinski definition) is 0. The van der Waals surface area contributed by atoms with E-state index in [2.05, 4.69) is 0 Å². The molecular formula is C9H12O3. The lowest BCUT2D eigenvalue weighted by molar-refractivity contribution is -0.153. The van der Waals surface area contributed by atoms with E-state index in [-0.39, 0.29) is 18.2 Å². The van der Waals surface area contributed by atoms with E-state index in [0.717, 1.165) is 6.42 Å². The van der Waals surface area contributed by atoms with E-state index in [4.69, 9.17) is 9.47 Å². The van der Waals surface area contributed by atoms with Crippen LogP contribution >= 0.6 is 0 Å². The number of rotatable bonds is 1. The maximum atomic E-state index is 11.4. The topological polar surface area (TPSA) is 35.5 Å². The largest absolute Gasteiger partial charge is 0.469 e. The quantitative estimate of drug-likeness (QED) is 0.431. The summed E-state index contributed by atoms with van der Waals surface area (Å²) in [4.78, 5) is 11.4. The first-order chi connectivity index (χ1) is 5.66. The van der Waals surface area contributed by atoms with Crippen molar-refractivity contribution in [3.63, 3.8) is 0 Å². The van der Waals surface area contributed by atoms with Gasteiger partial charge in [-0.3, -0.25) is 4.79 Å². The summed E-state index contributed by atoms with van der Waals surface area (Å²) in [5, 5.41) is 0. The van der Waals surface area contributed by atoms with Gasteiger partial charge in [0.1, 0.15) is 0 Å². The zero-order valence-electron chi connectivity index (χ0n) is 7.24. The van der Waals surface area contributed by atoms with Gasteiger partial charge in [0, 0.05) is 0 Å². The third kappa shape index (κ3) is 0.829. The second-order valence-corrected chi connectivity index (χ2v) is 3.59. The summed E-state index contributed by atoms with van der Waals surface area (Å²) >= 11 is 0. The highest BCUT2D eigenvalue weighted by atomic mass is 16.5. The zero-order valence-corrected chi connectivity index (χ0v) is 7.24. The lowest BCUT2D eigenvalue weighted by atomic mass is 9.79. The number of carbonyl (C=O) groups excluding carboxylic acids is 1. The van der Waals surface area contributed by atoms with Gasteiger partial charge in [0.25, 0.3) is 0 Å². The van der Waals surface area contributed by atoms with Crippen molar-refractivity contribution in [2.75, 3.05) is 7.11 Å². The highest BCUT2D eigenvalue weighted by molar-refractivity contribution is 5.78. The Morgan fingerprint density at radius 1 is 1.67 bits per heavy atom. The Hall–Kier alpha value is -0.830. The van der Waals surface area contributed by atoms with Gasteiger partial charge in [0.2, 0.25) is 0 Å².